The van der Waals surface area contributed by atoms with E-state index in [0.717, 1.165) is 0 Å². The fourth-order valence-electron chi connectivity index (χ4n) is 1.18. The number of carbonyl (C=O) groups is 2. The Bertz CT molecular complexity index is 405. The van der Waals surface area contributed by atoms with E-state index in [9.17, 15) is 9.59 Å². The van der Waals surface area contributed by atoms with Crippen molar-refractivity contribution >= 4 is 17.6 Å². The minimum atomic E-state index is -1.10. The Balaban J connectivity index is 2.37. The lowest BCUT2D eigenvalue weighted by Gasteiger charge is -2.06. The lowest BCUT2D eigenvalue weighted by Crippen LogP contribution is -2.30. The highest BCUT2D eigenvalue weighted by Gasteiger charge is 2.05. The Morgan fingerprint density at radius 1 is 1.44 bits per heavy atom. The number of amides is 1. The van der Waals surface area contributed by atoms with Crippen LogP contribution in [0, 0.1) is 0 Å². The topological polar surface area (TPSA) is 101 Å². The Hall–Kier alpha value is -1.99. The van der Waals surface area contributed by atoms with Gasteiger partial charge in [-0.2, -0.15) is 0 Å². The van der Waals surface area contributed by atoms with E-state index in [1.165, 1.54) is 18.3 Å². The number of carbonyl (C=O) groups excluding carboxylic acids is 1. The number of aromatic nitrogens is 1. The van der Waals surface area contributed by atoms with Crippen molar-refractivity contribution in [3.8, 4) is 0 Å². The third-order valence-electron chi connectivity index (χ3n) is 2.03. The molecule has 7 nitrogen and oxygen atoms in total. The van der Waals surface area contributed by atoms with Crippen molar-refractivity contribution < 1.29 is 19.4 Å². The molecule has 0 bridgehead atoms. The molecule has 0 saturated carbocycles. The standard InChI is InChI=1S/C11H15N3O4/c1-18-5-4-12-7-10(15)14-8-2-3-9(11(16)17)13-6-8/h2-3,6,12H,4-5,7H2,1H3,(H,14,15)(H,16,17). The first kappa shape index (κ1) is 14.1. The summed E-state index contributed by atoms with van der Waals surface area (Å²) in [4.78, 5) is 25.7. The number of methoxy groups -OCH3 is 1. The zero-order chi connectivity index (χ0) is 13.4. The molecule has 0 spiro atoms. The number of carboxylic acid groups (broad SMARTS) is 1. The van der Waals surface area contributed by atoms with Crippen molar-refractivity contribution in [3.63, 3.8) is 0 Å². The summed E-state index contributed by atoms with van der Waals surface area (Å²) in [6.07, 6.45) is 1.30. The first-order valence-electron chi connectivity index (χ1n) is 5.32. The van der Waals surface area contributed by atoms with E-state index in [4.69, 9.17) is 9.84 Å². The van der Waals surface area contributed by atoms with E-state index >= 15 is 0 Å². The highest BCUT2D eigenvalue weighted by molar-refractivity contribution is 5.92. The van der Waals surface area contributed by atoms with Gasteiger partial charge in [-0.05, 0) is 12.1 Å². The number of pyridine rings is 1. The van der Waals surface area contributed by atoms with E-state index in [1.54, 1.807) is 7.11 Å². The molecule has 18 heavy (non-hydrogen) atoms. The minimum absolute atomic E-state index is 0.0637. The molecule has 7 heteroatoms. The van der Waals surface area contributed by atoms with E-state index in [0.29, 0.717) is 18.8 Å². The number of hydrogen-bond acceptors (Lipinski definition) is 5. The van der Waals surface area contributed by atoms with Crippen LogP contribution in [0.1, 0.15) is 10.5 Å². The molecule has 0 saturated heterocycles. The summed E-state index contributed by atoms with van der Waals surface area (Å²) in [5.74, 6) is -1.33. The number of hydrogen-bond donors (Lipinski definition) is 3. The normalized spacial score (nSPS) is 10.1. The van der Waals surface area contributed by atoms with E-state index < -0.39 is 5.97 Å². The number of nitrogens with zero attached hydrogens (tertiary/aromatic N) is 1. The molecular weight excluding hydrogens is 238 g/mol. The predicted octanol–water partition coefficient (Wildman–Crippen LogP) is -0.0457. The lowest BCUT2D eigenvalue weighted by molar-refractivity contribution is -0.115. The SMILES string of the molecule is COCCNCC(=O)Nc1ccc(C(=O)O)nc1. The third kappa shape index (κ3) is 4.89. The zero-order valence-electron chi connectivity index (χ0n) is 9.97. The first-order valence-corrected chi connectivity index (χ1v) is 5.32. The molecule has 1 aromatic heterocycles. The average molecular weight is 253 g/mol. The summed E-state index contributed by atoms with van der Waals surface area (Å²) in [6, 6.07) is 2.82. The quantitative estimate of drug-likeness (QED) is 0.589. The maximum atomic E-state index is 11.4. The van der Waals surface area contributed by atoms with E-state index in [-0.39, 0.29) is 18.1 Å². The molecule has 98 valence electrons. The Morgan fingerprint density at radius 2 is 2.22 bits per heavy atom. The summed E-state index contributed by atoms with van der Waals surface area (Å²) in [6.45, 7) is 1.27. The van der Waals surface area contributed by atoms with Crippen LogP contribution in [0.3, 0.4) is 0 Å². The molecule has 0 aliphatic heterocycles. The van der Waals surface area contributed by atoms with Crippen LogP contribution in [-0.4, -0.2) is 48.8 Å². The van der Waals surface area contributed by atoms with Crippen LogP contribution in [0.15, 0.2) is 18.3 Å². The smallest absolute Gasteiger partial charge is 0.354 e. The van der Waals surface area contributed by atoms with Crippen LogP contribution < -0.4 is 10.6 Å². The molecule has 0 aromatic carbocycles. The van der Waals surface area contributed by atoms with Gasteiger partial charge in [-0.1, -0.05) is 0 Å². The van der Waals surface area contributed by atoms with Gasteiger partial charge in [0.15, 0.2) is 0 Å². The molecular formula is C11H15N3O4. The van der Waals surface area contributed by atoms with Gasteiger partial charge in [-0.15, -0.1) is 0 Å². The van der Waals surface area contributed by atoms with Gasteiger partial charge in [0.2, 0.25) is 5.91 Å². The van der Waals surface area contributed by atoms with Crippen molar-refractivity contribution in [1.82, 2.24) is 10.3 Å². The summed E-state index contributed by atoms with van der Waals surface area (Å²) in [7, 11) is 1.58. The van der Waals surface area contributed by atoms with Gasteiger partial charge in [0.25, 0.3) is 0 Å². The molecule has 1 amide bonds. The summed E-state index contributed by atoms with van der Waals surface area (Å²) >= 11 is 0. The van der Waals surface area contributed by atoms with Crippen molar-refractivity contribution in [2.24, 2.45) is 0 Å². The predicted molar refractivity (Wildman–Crippen MR) is 64.6 cm³/mol. The molecule has 1 aromatic rings. The van der Waals surface area contributed by atoms with E-state index in [2.05, 4.69) is 15.6 Å². The van der Waals surface area contributed by atoms with Crippen molar-refractivity contribution in [2.45, 2.75) is 0 Å². The number of carboxylic acids is 1. The fraction of sp³-hybridized carbons (Fsp3) is 0.364. The maximum Gasteiger partial charge on any atom is 0.354 e. The second-order valence-electron chi connectivity index (χ2n) is 3.46. The van der Waals surface area contributed by atoms with Gasteiger partial charge in [-0.25, -0.2) is 9.78 Å². The molecule has 0 aliphatic rings. The monoisotopic (exact) mass is 253 g/mol. The zero-order valence-corrected chi connectivity index (χ0v) is 9.97. The number of rotatable bonds is 7. The molecule has 0 fully saturated rings. The van der Waals surface area contributed by atoms with Crippen LogP contribution in [-0.2, 0) is 9.53 Å². The Morgan fingerprint density at radius 3 is 2.78 bits per heavy atom. The van der Waals surface area contributed by atoms with Crippen molar-refractivity contribution in [1.29, 1.82) is 0 Å². The molecule has 1 rings (SSSR count). The summed E-state index contributed by atoms with van der Waals surface area (Å²) in [5, 5.41) is 14.1. The second-order valence-corrected chi connectivity index (χ2v) is 3.46. The van der Waals surface area contributed by atoms with Gasteiger partial charge in [0, 0.05) is 13.7 Å². The molecule has 0 unspecified atom stereocenters. The number of ether oxygens (including phenoxy) is 1. The van der Waals surface area contributed by atoms with E-state index in [1.807, 2.05) is 0 Å². The number of nitrogens with one attached hydrogen (secondary N) is 2. The largest absolute Gasteiger partial charge is 0.477 e. The lowest BCUT2D eigenvalue weighted by atomic mass is 10.3. The second kappa shape index (κ2) is 7.36. The van der Waals surface area contributed by atoms with Gasteiger partial charge in [0.1, 0.15) is 5.69 Å². The van der Waals surface area contributed by atoms with Gasteiger partial charge < -0.3 is 20.5 Å². The molecule has 0 aliphatic carbocycles. The number of aromatic carboxylic acids is 1. The Kier molecular flexibility index (Phi) is 5.75. The van der Waals surface area contributed by atoms with Gasteiger partial charge in [0.05, 0.1) is 25.0 Å². The highest BCUT2D eigenvalue weighted by atomic mass is 16.5. The van der Waals surface area contributed by atoms with Gasteiger partial charge >= 0.3 is 5.97 Å². The summed E-state index contributed by atoms with van der Waals surface area (Å²) in [5.41, 5.74) is 0.393. The fourth-order valence-corrected chi connectivity index (χ4v) is 1.18. The van der Waals surface area contributed by atoms with Crippen molar-refractivity contribution in [2.75, 3.05) is 32.1 Å². The molecule has 3 N–H and O–H groups in total. The van der Waals surface area contributed by atoms with Crippen LogP contribution in [0.25, 0.3) is 0 Å². The highest BCUT2D eigenvalue weighted by Crippen LogP contribution is 2.05. The third-order valence-corrected chi connectivity index (χ3v) is 2.03. The van der Waals surface area contributed by atoms with Crippen LogP contribution in [0.4, 0.5) is 5.69 Å². The van der Waals surface area contributed by atoms with Crippen LogP contribution >= 0.6 is 0 Å². The summed E-state index contributed by atoms with van der Waals surface area (Å²) < 4.78 is 4.82. The van der Waals surface area contributed by atoms with Gasteiger partial charge in [-0.3, -0.25) is 4.79 Å². The van der Waals surface area contributed by atoms with Crippen LogP contribution in [0.5, 0.6) is 0 Å². The minimum Gasteiger partial charge on any atom is -0.477 e. The van der Waals surface area contributed by atoms with Crippen molar-refractivity contribution in [3.05, 3.63) is 24.0 Å². The molecule has 1 heterocycles. The molecule has 0 atom stereocenters. The molecule has 0 radical (unpaired) electrons. The number of anilines is 1. The Labute approximate surface area is 104 Å². The van der Waals surface area contributed by atoms with Crippen LogP contribution in [0.2, 0.25) is 0 Å². The maximum absolute atomic E-state index is 11.4. The average Bonchev–Trinajstić information content (AvgIpc) is 2.35. The first-order chi connectivity index (χ1) is 8.63.